The van der Waals surface area contributed by atoms with Crippen LogP contribution in [-0.2, 0) is 8.85 Å². The van der Waals surface area contributed by atoms with E-state index in [9.17, 15) is 0 Å². The number of hydrogen-bond donors (Lipinski definition) is 0. The summed E-state index contributed by atoms with van der Waals surface area (Å²) in [7, 11) is -2.43. The van der Waals surface area contributed by atoms with E-state index in [4.69, 9.17) is 8.85 Å². The van der Waals surface area contributed by atoms with Crippen molar-refractivity contribution >= 4 is 8.72 Å². The zero-order valence-electron chi connectivity index (χ0n) is 15.5. The molecule has 0 spiro atoms. The van der Waals surface area contributed by atoms with Crippen LogP contribution >= 0.6 is 0 Å². The predicted octanol–water partition coefficient (Wildman–Crippen LogP) is 4.55. The van der Waals surface area contributed by atoms with Gasteiger partial charge in [-0.3, -0.25) is 4.57 Å². The lowest BCUT2D eigenvalue weighted by atomic mass is 10.0. The van der Waals surface area contributed by atoms with E-state index in [-0.39, 0.29) is 11.1 Å². The van der Waals surface area contributed by atoms with Gasteiger partial charge >= 0.3 is 8.72 Å². The van der Waals surface area contributed by atoms with Gasteiger partial charge in [0.15, 0.2) is 0 Å². The minimum atomic E-state index is -2.43. The minimum absolute atomic E-state index is 0.0176. The largest absolute Gasteiger partial charge is 0.428 e. The second-order valence-corrected chi connectivity index (χ2v) is 10.7. The summed E-state index contributed by atoms with van der Waals surface area (Å²) < 4.78 is 15.2. The highest BCUT2D eigenvalue weighted by atomic mass is 28.4. The summed E-state index contributed by atoms with van der Waals surface area (Å²) in [6.07, 6.45) is 0. The van der Waals surface area contributed by atoms with Crippen molar-refractivity contribution in [2.45, 2.75) is 86.4 Å². The van der Waals surface area contributed by atoms with Gasteiger partial charge in [-0.2, -0.15) is 0 Å². The standard InChI is InChI=1S/C16H37NO2Si/c1-11-18-20(19-12-2,13-14(3)4)17(15(5,6)7)16(8,9)10/h14H,11-13H2,1-10H3. The maximum absolute atomic E-state index is 6.34. The molecule has 0 fully saturated rings. The van der Waals surface area contributed by atoms with Crippen LogP contribution in [0.3, 0.4) is 0 Å². The van der Waals surface area contributed by atoms with Gasteiger partial charge in [0.05, 0.1) is 0 Å². The van der Waals surface area contributed by atoms with Gasteiger partial charge in [0.2, 0.25) is 0 Å². The molecule has 0 saturated heterocycles. The molecule has 0 aliphatic heterocycles. The number of hydrogen-bond acceptors (Lipinski definition) is 3. The van der Waals surface area contributed by atoms with E-state index in [0.717, 1.165) is 6.04 Å². The molecule has 0 aromatic heterocycles. The summed E-state index contributed by atoms with van der Waals surface area (Å²) in [6, 6.07) is 1.00. The van der Waals surface area contributed by atoms with Crippen molar-refractivity contribution in [3.8, 4) is 0 Å². The lowest BCUT2D eigenvalue weighted by Gasteiger charge is -2.54. The molecule has 3 nitrogen and oxygen atoms in total. The molecule has 0 radical (unpaired) electrons. The summed E-state index contributed by atoms with van der Waals surface area (Å²) in [5.74, 6) is 0.562. The van der Waals surface area contributed by atoms with Gasteiger partial charge < -0.3 is 8.85 Å². The maximum Gasteiger partial charge on any atom is 0.428 e. The summed E-state index contributed by atoms with van der Waals surface area (Å²) >= 11 is 0. The molecule has 0 aliphatic rings. The van der Waals surface area contributed by atoms with Crippen LogP contribution < -0.4 is 0 Å². The van der Waals surface area contributed by atoms with Gasteiger partial charge in [0.1, 0.15) is 0 Å². The Morgan fingerprint density at radius 3 is 1.40 bits per heavy atom. The van der Waals surface area contributed by atoms with Crippen molar-refractivity contribution in [3.63, 3.8) is 0 Å². The smallest absolute Gasteiger partial charge is 0.383 e. The average molecular weight is 304 g/mol. The summed E-state index contributed by atoms with van der Waals surface area (Å²) in [5.41, 5.74) is 0.0351. The van der Waals surface area contributed by atoms with Crippen molar-refractivity contribution in [1.82, 2.24) is 4.57 Å². The zero-order valence-corrected chi connectivity index (χ0v) is 16.5. The molecule has 0 amide bonds. The van der Waals surface area contributed by atoms with Crippen molar-refractivity contribution in [2.75, 3.05) is 13.2 Å². The molecule has 0 aromatic rings. The topological polar surface area (TPSA) is 21.7 Å². The van der Waals surface area contributed by atoms with Crippen LogP contribution in [0.2, 0.25) is 6.04 Å². The molecular formula is C16H37NO2Si. The Hall–Kier alpha value is 0.0969. The van der Waals surface area contributed by atoms with Crippen LogP contribution in [0.5, 0.6) is 0 Å². The fourth-order valence-corrected chi connectivity index (χ4v) is 8.11. The van der Waals surface area contributed by atoms with E-state index in [0.29, 0.717) is 19.1 Å². The fraction of sp³-hybridized carbons (Fsp3) is 1.00. The van der Waals surface area contributed by atoms with E-state index < -0.39 is 8.72 Å². The van der Waals surface area contributed by atoms with Gasteiger partial charge in [-0.1, -0.05) is 13.8 Å². The quantitative estimate of drug-likeness (QED) is 0.644. The highest BCUT2D eigenvalue weighted by Crippen LogP contribution is 2.36. The van der Waals surface area contributed by atoms with Crippen LogP contribution in [0.1, 0.15) is 69.2 Å². The third kappa shape index (κ3) is 5.47. The third-order valence-corrected chi connectivity index (χ3v) is 7.92. The molecule has 0 aliphatic carbocycles. The highest BCUT2D eigenvalue weighted by molar-refractivity contribution is 6.65. The predicted molar refractivity (Wildman–Crippen MR) is 90.0 cm³/mol. The van der Waals surface area contributed by atoms with E-state index >= 15 is 0 Å². The van der Waals surface area contributed by atoms with Gasteiger partial charge in [0.25, 0.3) is 0 Å². The van der Waals surface area contributed by atoms with Crippen LogP contribution in [0.4, 0.5) is 0 Å². The van der Waals surface area contributed by atoms with Crippen LogP contribution in [-0.4, -0.2) is 37.6 Å². The van der Waals surface area contributed by atoms with Crippen molar-refractivity contribution < 1.29 is 8.85 Å². The number of rotatable bonds is 7. The van der Waals surface area contributed by atoms with E-state index in [1.165, 1.54) is 0 Å². The van der Waals surface area contributed by atoms with E-state index in [1.54, 1.807) is 0 Å². The van der Waals surface area contributed by atoms with E-state index in [1.807, 2.05) is 0 Å². The normalized spacial score (nSPS) is 14.4. The second-order valence-electron chi connectivity index (χ2n) is 7.85. The van der Waals surface area contributed by atoms with Crippen molar-refractivity contribution in [2.24, 2.45) is 5.92 Å². The van der Waals surface area contributed by atoms with Gasteiger partial charge in [0, 0.05) is 30.3 Å². The first-order valence-electron chi connectivity index (χ1n) is 7.99. The molecular weight excluding hydrogens is 266 g/mol. The third-order valence-electron chi connectivity index (χ3n) is 3.09. The van der Waals surface area contributed by atoms with Gasteiger partial charge in [-0.05, 0) is 61.3 Å². The fourth-order valence-electron chi connectivity index (χ4n) is 3.38. The van der Waals surface area contributed by atoms with Crippen molar-refractivity contribution in [3.05, 3.63) is 0 Å². The molecule has 20 heavy (non-hydrogen) atoms. The Balaban J connectivity index is 5.84. The molecule has 0 unspecified atom stereocenters. The molecule has 0 aromatic carbocycles. The Bertz CT molecular complexity index is 259. The summed E-state index contributed by atoms with van der Waals surface area (Å²) in [5, 5.41) is 0. The summed E-state index contributed by atoms with van der Waals surface area (Å²) in [6.45, 7) is 23.6. The zero-order chi connectivity index (χ0) is 16.2. The first-order chi connectivity index (χ1) is 8.90. The molecule has 0 heterocycles. The van der Waals surface area contributed by atoms with Gasteiger partial charge in [-0.15, -0.1) is 0 Å². The molecule has 122 valence electrons. The lowest BCUT2D eigenvalue weighted by Crippen LogP contribution is -2.70. The SMILES string of the molecule is CCO[Si](CC(C)C)(OCC)N(C(C)(C)C)C(C)(C)C. The molecule has 4 heteroatoms. The molecule has 0 bridgehead atoms. The number of nitrogens with zero attached hydrogens (tertiary/aromatic N) is 1. The monoisotopic (exact) mass is 303 g/mol. The second kappa shape index (κ2) is 7.39. The minimum Gasteiger partial charge on any atom is -0.383 e. The van der Waals surface area contributed by atoms with Gasteiger partial charge in [-0.25, -0.2) is 0 Å². The van der Waals surface area contributed by atoms with Crippen LogP contribution in [0.25, 0.3) is 0 Å². The Labute approximate surface area is 128 Å². The first kappa shape index (κ1) is 20.1. The first-order valence-corrected chi connectivity index (χ1v) is 9.96. The van der Waals surface area contributed by atoms with Crippen LogP contribution in [0.15, 0.2) is 0 Å². The molecule has 0 N–H and O–H groups in total. The Morgan fingerprint density at radius 1 is 0.850 bits per heavy atom. The molecule has 0 rings (SSSR count). The molecule has 0 atom stereocenters. The average Bonchev–Trinajstić information content (AvgIpc) is 2.11. The van der Waals surface area contributed by atoms with Crippen LogP contribution in [0, 0.1) is 5.92 Å². The Kier molecular flexibility index (Phi) is 7.42. The molecule has 0 saturated carbocycles. The Morgan fingerprint density at radius 2 is 1.20 bits per heavy atom. The summed E-state index contributed by atoms with van der Waals surface area (Å²) in [4.78, 5) is 0. The maximum atomic E-state index is 6.34. The van der Waals surface area contributed by atoms with E-state index in [2.05, 4.69) is 73.8 Å². The van der Waals surface area contributed by atoms with Crippen molar-refractivity contribution in [1.29, 1.82) is 0 Å². The lowest BCUT2D eigenvalue weighted by molar-refractivity contribution is 0.0253. The highest BCUT2D eigenvalue weighted by Gasteiger charge is 2.53.